The normalized spacial score (nSPS) is 10.5. The Morgan fingerprint density at radius 2 is 2.45 bits per heavy atom. The number of Topliss-reactive ketones (excluding diaryl/α,β-unsaturated/α-hetero) is 1. The van der Waals surface area contributed by atoms with Crippen LogP contribution in [-0.2, 0) is 0 Å². The average molecular weight is 169 g/mol. The van der Waals surface area contributed by atoms with Crippen LogP contribution in [0.5, 0.6) is 0 Å². The number of ketones is 1. The van der Waals surface area contributed by atoms with Crippen molar-refractivity contribution in [3.63, 3.8) is 0 Å². The fraction of sp³-hybridized carbons (Fsp3) is 0.500. The Kier molecular flexibility index (Phi) is 2.76. The summed E-state index contributed by atoms with van der Waals surface area (Å²) in [5.74, 6) is 0.574. The van der Waals surface area contributed by atoms with Gasteiger partial charge in [0.15, 0.2) is 5.78 Å². The van der Waals surface area contributed by atoms with E-state index in [9.17, 15) is 4.79 Å². The molecule has 0 unspecified atom stereocenters. The quantitative estimate of drug-likeness (QED) is 0.650. The van der Waals surface area contributed by atoms with Gasteiger partial charge in [-0.05, 0) is 23.5 Å². The van der Waals surface area contributed by atoms with Gasteiger partial charge >= 0.3 is 0 Å². The smallest absolute Gasteiger partial charge is 0.182 e. The van der Waals surface area contributed by atoms with Crippen molar-refractivity contribution in [3.05, 3.63) is 17.1 Å². The first-order valence-electron chi connectivity index (χ1n) is 3.63. The Morgan fingerprint density at radius 3 is 2.91 bits per heavy atom. The van der Waals surface area contributed by atoms with Gasteiger partial charge in [-0.15, -0.1) is 0 Å². The molecule has 1 heterocycles. The highest BCUT2D eigenvalue weighted by Gasteiger charge is 2.08. The van der Waals surface area contributed by atoms with Gasteiger partial charge in [0.1, 0.15) is 5.69 Å². The molecule has 60 valence electrons. The van der Waals surface area contributed by atoms with E-state index in [4.69, 9.17) is 0 Å². The zero-order valence-electron chi connectivity index (χ0n) is 6.70. The van der Waals surface area contributed by atoms with Crippen LogP contribution in [0, 0.1) is 5.92 Å². The molecular weight excluding hydrogens is 158 g/mol. The van der Waals surface area contributed by atoms with E-state index in [1.54, 1.807) is 6.07 Å². The van der Waals surface area contributed by atoms with E-state index in [2.05, 4.69) is 4.37 Å². The third-order valence-corrected chi connectivity index (χ3v) is 1.88. The molecule has 0 N–H and O–H groups in total. The zero-order chi connectivity index (χ0) is 8.27. The minimum Gasteiger partial charge on any atom is -0.292 e. The Labute approximate surface area is 70.4 Å². The number of nitrogens with zero attached hydrogens (tertiary/aromatic N) is 1. The number of aromatic nitrogens is 1. The van der Waals surface area contributed by atoms with Gasteiger partial charge in [0.2, 0.25) is 0 Å². The number of carbonyl (C=O) groups is 1. The molecule has 1 rings (SSSR count). The third kappa shape index (κ3) is 2.42. The molecule has 0 bridgehead atoms. The van der Waals surface area contributed by atoms with Crippen molar-refractivity contribution in [2.24, 2.45) is 5.92 Å². The summed E-state index contributed by atoms with van der Waals surface area (Å²) in [5, 5.41) is 1.83. The van der Waals surface area contributed by atoms with Crippen LogP contribution < -0.4 is 0 Å². The van der Waals surface area contributed by atoms with Crippen molar-refractivity contribution >= 4 is 17.3 Å². The lowest BCUT2D eigenvalue weighted by Crippen LogP contribution is -2.03. The van der Waals surface area contributed by atoms with Crippen LogP contribution in [-0.4, -0.2) is 10.2 Å². The molecule has 0 atom stereocenters. The molecule has 0 saturated heterocycles. The molecule has 0 saturated carbocycles. The van der Waals surface area contributed by atoms with Crippen LogP contribution >= 0.6 is 11.5 Å². The minimum absolute atomic E-state index is 0.154. The molecule has 11 heavy (non-hydrogen) atoms. The Hall–Kier alpha value is -0.700. The van der Waals surface area contributed by atoms with Gasteiger partial charge in [0.05, 0.1) is 0 Å². The number of rotatable bonds is 3. The summed E-state index contributed by atoms with van der Waals surface area (Å²) in [4.78, 5) is 11.3. The van der Waals surface area contributed by atoms with Crippen LogP contribution in [0.3, 0.4) is 0 Å². The monoisotopic (exact) mass is 169 g/mol. The highest BCUT2D eigenvalue weighted by molar-refractivity contribution is 7.03. The van der Waals surface area contributed by atoms with Crippen molar-refractivity contribution in [2.45, 2.75) is 20.3 Å². The maximum absolute atomic E-state index is 11.3. The average Bonchev–Trinajstić information content (AvgIpc) is 2.35. The highest BCUT2D eigenvalue weighted by Crippen LogP contribution is 2.08. The summed E-state index contributed by atoms with van der Waals surface area (Å²) in [6.07, 6.45) is 0.601. The highest BCUT2D eigenvalue weighted by atomic mass is 32.1. The van der Waals surface area contributed by atoms with Crippen LogP contribution in [0.4, 0.5) is 0 Å². The van der Waals surface area contributed by atoms with E-state index in [-0.39, 0.29) is 5.78 Å². The lowest BCUT2D eigenvalue weighted by Gasteiger charge is -1.99. The summed E-state index contributed by atoms with van der Waals surface area (Å²) < 4.78 is 3.96. The molecular formula is C8H11NOS. The van der Waals surface area contributed by atoms with E-state index in [0.717, 1.165) is 0 Å². The second kappa shape index (κ2) is 3.62. The van der Waals surface area contributed by atoms with E-state index in [0.29, 0.717) is 18.0 Å². The molecule has 0 aliphatic rings. The summed E-state index contributed by atoms with van der Waals surface area (Å²) in [7, 11) is 0. The minimum atomic E-state index is 0.154. The Bertz CT molecular complexity index is 228. The predicted molar refractivity (Wildman–Crippen MR) is 45.9 cm³/mol. The fourth-order valence-corrected chi connectivity index (χ4v) is 1.36. The maximum Gasteiger partial charge on any atom is 0.182 e. The molecule has 3 heteroatoms. The van der Waals surface area contributed by atoms with Crippen molar-refractivity contribution in [2.75, 3.05) is 0 Å². The van der Waals surface area contributed by atoms with Crippen molar-refractivity contribution in [1.82, 2.24) is 4.37 Å². The topological polar surface area (TPSA) is 30.0 Å². The standard InChI is InChI=1S/C8H11NOS/c1-6(2)5-8(10)7-3-4-11-9-7/h3-4,6H,5H2,1-2H3. The summed E-state index contributed by atoms with van der Waals surface area (Å²) in [6, 6.07) is 1.77. The zero-order valence-corrected chi connectivity index (χ0v) is 7.52. The second-order valence-corrected chi connectivity index (χ2v) is 3.57. The van der Waals surface area contributed by atoms with Gasteiger partial charge in [-0.3, -0.25) is 4.79 Å². The van der Waals surface area contributed by atoms with Crippen LogP contribution in [0.2, 0.25) is 0 Å². The SMILES string of the molecule is CC(C)CC(=O)c1ccsn1. The number of hydrogen-bond acceptors (Lipinski definition) is 3. The largest absolute Gasteiger partial charge is 0.292 e. The van der Waals surface area contributed by atoms with Gasteiger partial charge in [0.25, 0.3) is 0 Å². The van der Waals surface area contributed by atoms with Crippen molar-refractivity contribution in [3.8, 4) is 0 Å². The second-order valence-electron chi connectivity index (χ2n) is 2.91. The first-order valence-corrected chi connectivity index (χ1v) is 4.47. The van der Waals surface area contributed by atoms with Gasteiger partial charge < -0.3 is 0 Å². The van der Waals surface area contributed by atoms with Crippen LogP contribution in [0.25, 0.3) is 0 Å². The molecule has 0 spiro atoms. The molecule has 0 amide bonds. The summed E-state index contributed by atoms with van der Waals surface area (Å²) >= 11 is 1.32. The van der Waals surface area contributed by atoms with E-state index in [1.807, 2.05) is 19.2 Å². The van der Waals surface area contributed by atoms with Crippen molar-refractivity contribution < 1.29 is 4.79 Å². The molecule has 0 aromatic carbocycles. The van der Waals surface area contributed by atoms with E-state index < -0.39 is 0 Å². The summed E-state index contributed by atoms with van der Waals surface area (Å²) in [6.45, 7) is 4.06. The third-order valence-electron chi connectivity index (χ3n) is 1.32. The lowest BCUT2D eigenvalue weighted by molar-refractivity contribution is 0.0964. The van der Waals surface area contributed by atoms with Crippen LogP contribution in [0.15, 0.2) is 11.4 Å². The maximum atomic E-state index is 11.3. The van der Waals surface area contributed by atoms with Gasteiger partial charge in [-0.25, -0.2) is 0 Å². The Morgan fingerprint density at radius 1 is 1.73 bits per heavy atom. The van der Waals surface area contributed by atoms with E-state index >= 15 is 0 Å². The molecule has 1 aromatic rings. The lowest BCUT2D eigenvalue weighted by atomic mass is 10.1. The molecule has 0 aliphatic carbocycles. The molecule has 2 nitrogen and oxygen atoms in total. The predicted octanol–water partition coefficient (Wildman–Crippen LogP) is 2.37. The van der Waals surface area contributed by atoms with Gasteiger partial charge in [-0.1, -0.05) is 13.8 Å². The van der Waals surface area contributed by atoms with Crippen LogP contribution in [0.1, 0.15) is 30.8 Å². The number of hydrogen-bond donors (Lipinski definition) is 0. The number of carbonyl (C=O) groups excluding carboxylic acids is 1. The fourth-order valence-electron chi connectivity index (χ4n) is 0.832. The molecule has 0 fully saturated rings. The first kappa shape index (κ1) is 8.40. The van der Waals surface area contributed by atoms with Crippen molar-refractivity contribution in [1.29, 1.82) is 0 Å². The molecule has 0 aliphatic heterocycles. The Balaban J connectivity index is 2.57. The molecule has 1 aromatic heterocycles. The molecule has 0 radical (unpaired) electrons. The van der Waals surface area contributed by atoms with E-state index in [1.165, 1.54) is 11.5 Å². The van der Waals surface area contributed by atoms with Gasteiger partial charge in [-0.2, -0.15) is 4.37 Å². The summed E-state index contributed by atoms with van der Waals surface area (Å²) in [5.41, 5.74) is 0.615. The van der Waals surface area contributed by atoms with Gasteiger partial charge in [0, 0.05) is 11.8 Å². The first-order chi connectivity index (χ1) is 5.20.